The Bertz CT molecular complexity index is 1330. The Hall–Kier alpha value is -3.65. The van der Waals surface area contributed by atoms with E-state index in [0.29, 0.717) is 23.1 Å². The van der Waals surface area contributed by atoms with Crippen molar-refractivity contribution in [3.63, 3.8) is 0 Å². The molecule has 8 heteroatoms. The molecule has 1 heterocycles. The van der Waals surface area contributed by atoms with E-state index in [9.17, 15) is 9.59 Å². The molecule has 1 unspecified atom stereocenters. The third kappa shape index (κ3) is 5.28. The molecule has 0 radical (unpaired) electrons. The molecule has 4 aromatic rings. The van der Waals surface area contributed by atoms with Crippen LogP contribution in [0.5, 0.6) is 0 Å². The minimum Gasteiger partial charge on any atom is -0.342 e. The molecule has 3 aromatic carbocycles. The highest BCUT2D eigenvalue weighted by molar-refractivity contribution is 7.99. The van der Waals surface area contributed by atoms with E-state index in [4.69, 9.17) is 0 Å². The number of hydrogen-bond donors (Lipinski definition) is 2. The lowest BCUT2D eigenvalue weighted by molar-refractivity contribution is -0.113. The lowest BCUT2D eigenvalue weighted by Gasteiger charge is -2.15. The first-order valence-electron chi connectivity index (χ1n) is 11.2. The van der Waals surface area contributed by atoms with E-state index in [1.54, 1.807) is 6.07 Å². The van der Waals surface area contributed by atoms with Gasteiger partial charge in [-0.25, -0.2) is 0 Å². The number of amides is 2. The number of carbonyl (C=O) groups excluding carboxylic acids is 2. The highest BCUT2D eigenvalue weighted by atomic mass is 32.2. The molecule has 0 aliphatic carbocycles. The minimum absolute atomic E-state index is 0.116. The van der Waals surface area contributed by atoms with Crippen LogP contribution in [0.3, 0.4) is 0 Å². The third-order valence-corrected chi connectivity index (χ3v) is 6.44. The van der Waals surface area contributed by atoms with E-state index in [2.05, 4.69) is 20.8 Å². The van der Waals surface area contributed by atoms with Crippen molar-refractivity contribution >= 4 is 40.0 Å². The summed E-state index contributed by atoms with van der Waals surface area (Å²) in [6, 6.07) is 20.9. The third-order valence-electron chi connectivity index (χ3n) is 5.47. The van der Waals surface area contributed by atoms with Crippen LogP contribution in [0.25, 0.3) is 10.8 Å². The van der Waals surface area contributed by atoms with Crippen molar-refractivity contribution in [2.75, 3.05) is 11.1 Å². The van der Waals surface area contributed by atoms with Gasteiger partial charge < -0.3 is 15.2 Å². The van der Waals surface area contributed by atoms with Crippen LogP contribution in [0.15, 0.2) is 71.9 Å². The van der Waals surface area contributed by atoms with E-state index in [1.807, 2.05) is 86.0 Å². The highest BCUT2D eigenvalue weighted by Gasteiger charge is 2.20. The first-order valence-corrected chi connectivity index (χ1v) is 12.2. The molecule has 174 valence electrons. The summed E-state index contributed by atoms with van der Waals surface area (Å²) in [7, 11) is 0. The van der Waals surface area contributed by atoms with Crippen LogP contribution in [0.4, 0.5) is 5.69 Å². The topological polar surface area (TPSA) is 88.9 Å². The molecule has 1 aromatic heterocycles. The summed E-state index contributed by atoms with van der Waals surface area (Å²) in [5.41, 5.74) is 2.42. The first kappa shape index (κ1) is 23.5. The zero-order valence-corrected chi connectivity index (χ0v) is 20.2. The van der Waals surface area contributed by atoms with Gasteiger partial charge in [0.2, 0.25) is 5.91 Å². The Morgan fingerprint density at radius 3 is 2.59 bits per heavy atom. The monoisotopic (exact) mass is 473 g/mol. The fourth-order valence-electron chi connectivity index (χ4n) is 3.81. The fourth-order valence-corrected chi connectivity index (χ4v) is 4.62. The van der Waals surface area contributed by atoms with Crippen molar-refractivity contribution in [3.05, 3.63) is 83.7 Å². The van der Waals surface area contributed by atoms with Crippen molar-refractivity contribution in [2.45, 2.75) is 38.5 Å². The predicted octanol–water partition coefficient (Wildman–Crippen LogP) is 4.98. The number of thioether (sulfide) groups is 1. The fraction of sp³-hybridized carbons (Fsp3) is 0.231. The molecule has 0 fully saturated rings. The molecule has 34 heavy (non-hydrogen) atoms. The molecule has 2 N–H and O–H groups in total. The Kier molecular flexibility index (Phi) is 7.27. The van der Waals surface area contributed by atoms with Gasteiger partial charge in [0.15, 0.2) is 11.0 Å². The Labute approximate surface area is 203 Å². The maximum absolute atomic E-state index is 12.7. The Morgan fingerprint density at radius 2 is 1.79 bits per heavy atom. The van der Waals surface area contributed by atoms with Gasteiger partial charge in [0.1, 0.15) is 0 Å². The van der Waals surface area contributed by atoms with Gasteiger partial charge in [-0.1, -0.05) is 65.9 Å². The molecule has 0 saturated carbocycles. The number of rotatable bonds is 8. The predicted molar refractivity (Wildman–Crippen MR) is 136 cm³/mol. The van der Waals surface area contributed by atoms with Crippen LogP contribution in [-0.2, 0) is 11.3 Å². The van der Waals surface area contributed by atoms with Crippen LogP contribution in [-0.4, -0.2) is 32.3 Å². The quantitative estimate of drug-likeness (QED) is 0.352. The normalized spacial score (nSPS) is 11.9. The number of benzene rings is 3. The van der Waals surface area contributed by atoms with Gasteiger partial charge in [-0.15, -0.1) is 10.2 Å². The zero-order chi connectivity index (χ0) is 24.1. The summed E-state index contributed by atoms with van der Waals surface area (Å²) in [6.45, 7) is 6.45. The average Bonchev–Trinajstić information content (AvgIpc) is 3.26. The van der Waals surface area contributed by atoms with E-state index in [-0.39, 0.29) is 23.6 Å². The summed E-state index contributed by atoms with van der Waals surface area (Å²) < 4.78 is 1.93. The molecule has 0 saturated heterocycles. The van der Waals surface area contributed by atoms with Gasteiger partial charge in [-0.2, -0.15) is 0 Å². The van der Waals surface area contributed by atoms with E-state index in [1.165, 1.54) is 11.8 Å². The number of hydrogen-bond acceptors (Lipinski definition) is 5. The van der Waals surface area contributed by atoms with Crippen LogP contribution < -0.4 is 10.6 Å². The van der Waals surface area contributed by atoms with Gasteiger partial charge in [-0.05, 0) is 44.4 Å². The second-order valence-electron chi connectivity index (χ2n) is 8.01. The van der Waals surface area contributed by atoms with E-state index < -0.39 is 0 Å². The molecule has 0 bridgehead atoms. The smallest absolute Gasteiger partial charge is 0.251 e. The second-order valence-corrected chi connectivity index (χ2v) is 8.96. The van der Waals surface area contributed by atoms with Gasteiger partial charge in [0, 0.05) is 23.2 Å². The molecule has 7 nitrogen and oxygen atoms in total. The number of nitrogens with one attached hydrogen (secondary N) is 2. The molecular weight excluding hydrogens is 446 g/mol. The van der Waals surface area contributed by atoms with Gasteiger partial charge in [0.25, 0.3) is 5.91 Å². The van der Waals surface area contributed by atoms with Crippen molar-refractivity contribution in [1.29, 1.82) is 0 Å². The van der Waals surface area contributed by atoms with Crippen LogP contribution in [0.1, 0.15) is 41.6 Å². The summed E-state index contributed by atoms with van der Waals surface area (Å²) in [4.78, 5) is 25.3. The van der Waals surface area contributed by atoms with Crippen molar-refractivity contribution in [1.82, 2.24) is 20.1 Å². The second kappa shape index (κ2) is 10.5. The number of aromatic nitrogens is 3. The molecule has 0 aliphatic rings. The Balaban J connectivity index is 1.41. The summed E-state index contributed by atoms with van der Waals surface area (Å²) in [6.07, 6.45) is 0. The van der Waals surface area contributed by atoms with Gasteiger partial charge in [0.05, 0.1) is 11.8 Å². The highest BCUT2D eigenvalue weighted by Crippen LogP contribution is 2.24. The molecule has 0 spiro atoms. The largest absolute Gasteiger partial charge is 0.342 e. The summed E-state index contributed by atoms with van der Waals surface area (Å²) >= 11 is 1.32. The zero-order valence-electron chi connectivity index (χ0n) is 19.4. The maximum atomic E-state index is 12.7. The SMILES string of the molecule is CCn1c(SCC(=O)Nc2cccc3ccccc23)nnc1C(C)NC(=O)c1cccc(C)c1. The number of fused-ring (bicyclic) bond motifs is 1. The Morgan fingerprint density at radius 1 is 1.03 bits per heavy atom. The van der Waals surface area contributed by atoms with Gasteiger partial charge >= 0.3 is 0 Å². The molecule has 1 atom stereocenters. The van der Waals surface area contributed by atoms with Crippen LogP contribution >= 0.6 is 11.8 Å². The maximum Gasteiger partial charge on any atom is 0.251 e. The number of carbonyl (C=O) groups is 2. The first-order chi connectivity index (χ1) is 16.5. The summed E-state index contributed by atoms with van der Waals surface area (Å²) in [5, 5.41) is 17.3. The summed E-state index contributed by atoms with van der Waals surface area (Å²) in [5.74, 6) is 0.575. The minimum atomic E-state index is -0.334. The number of nitrogens with zero attached hydrogens (tertiary/aromatic N) is 3. The molecular formula is C26H27N5O2S. The van der Waals surface area contributed by atoms with Crippen LogP contribution in [0, 0.1) is 6.92 Å². The number of anilines is 1. The van der Waals surface area contributed by atoms with Crippen molar-refractivity contribution in [2.24, 2.45) is 0 Å². The van der Waals surface area contributed by atoms with Gasteiger partial charge in [-0.3, -0.25) is 9.59 Å². The molecule has 0 aliphatic heterocycles. The standard InChI is InChI=1S/C26H27N5O2S/c1-4-31-24(18(3)27-25(33)20-12-7-9-17(2)15-20)29-30-26(31)34-16-23(32)28-22-14-8-11-19-10-5-6-13-21(19)22/h5-15,18H,4,16H2,1-3H3,(H,27,33)(H,28,32). The average molecular weight is 474 g/mol. The van der Waals surface area contributed by atoms with Crippen molar-refractivity contribution in [3.8, 4) is 0 Å². The lowest BCUT2D eigenvalue weighted by atomic mass is 10.1. The van der Waals surface area contributed by atoms with E-state index in [0.717, 1.165) is 22.0 Å². The molecule has 2 amide bonds. The lowest BCUT2D eigenvalue weighted by Crippen LogP contribution is -2.28. The van der Waals surface area contributed by atoms with Crippen molar-refractivity contribution < 1.29 is 9.59 Å². The van der Waals surface area contributed by atoms with E-state index >= 15 is 0 Å². The number of aryl methyl sites for hydroxylation is 1. The molecule has 4 rings (SSSR count). The van der Waals surface area contributed by atoms with Crippen LogP contribution in [0.2, 0.25) is 0 Å².